The second-order valence-electron chi connectivity index (χ2n) is 4.06. The minimum atomic E-state index is -0.244. The Hall–Kier alpha value is -1.80. The lowest BCUT2D eigenvalue weighted by Gasteiger charge is -2.04. The van der Waals surface area contributed by atoms with E-state index in [1.54, 1.807) is 18.4 Å². The number of hydrogen-bond donors (Lipinski definition) is 2. The molecule has 19 heavy (non-hydrogen) atoms. The van der Waals surface area contributed by atoms with E-state index in [4.69, 9.17) is 5.73 Å². The van der Waals surface area contributed by atoms with Crippen molar-refractivity contribution in [2.45, 2.75) is 17.0 Å². The van der Waals surface area contributed by atoms with Gasteiger partial charge in [0.15, 0.2) is 5.16 Å². The first-order valence-electron chi connectivity index (χ1n) is 5.50. The molecule has 0 amide bonds. The molecule has 0 aliphatic rings. The summed E-state index contributed by atoms with van der Waals surface area (Å²) in [6, 6.07) is 3.84. The van der Waals surface area contributed by atoms with E-state index in [0.717, 1.165) is 20.1 Å². The number of hydrogen-bond acceptors (Lipinski definition) is 6. The summed E-state index contributed by atoms with van der Waals surface area (Å²) < 4.78 is 2.51. The lowest BCUT2D eigenvalue weighted by Crippen LogP contribution is -2.12. The minimum absolute atomic E-state index is 0.244. The summed E-state index contributed by atoms with van der Waals surface area (Å²) in [6.45, 7) is 1.96. The number of aromatic nitrogens is 4. The number of anilines is 1. The van der Waals surface area contributed by atoms with Crippen LogP contribution in [0, 0.1) is 6.92 Å². The summed E-state index contributed by atoms with van der Waals surface area (Å²) >= 11 is 2.96. The summed E-state index contributed by atoms with van der Waals surface area (Å²) in [5, 5.41) is 7.93. The number of thiazole rings is 1. The molecule has 2 heterocycles. The molecular weight excluding hydrogens is 282 g/mol. The summed E-state index contributed by atoms with van der Waals surface area (Å²) in [5.74, 6) is 0. The second-order valence-corrected chi connectivity index (χ2v) is 6.31. The van der Waals surface area contributed by atoms with E-state index in [0.29, 0.717) is 10.8 Å². The molecule has 6 nitrogen and oxygen atoms in total. The third-order valence-corrected chi connectivity index (χ3v) is 4.72. The quantitative estimate of drug-likeness (QED) is 0.703. The molecular formula is C11H11N5OS2. The lowest BCUT2D eigenvalue weighted by molar-refractivity contribution is 0.766. The maximum absolute atomic E-state index is 11.3. The Morgan fingerprint density at radius 3 is 2.95 bits per heavy atom. The van der Waals surface area contributed by atoms with Crippen LogP contribution in [0.3, 0.4) is 0 Å². The smallest absolute Gasteiger partial charge is 0.343 e. The molecule has 98 valence electrons. The van der Waals surface area contributed by atoms with Gasteiger partial charge in [0.1, 0.15) is 0 Å². The monoisotopic (exact) mass is 293 g/mol. The Labute approximate surface area is 116 Å². The fourth-order valence-corrected chi connectivity index (χ4v) is 3.41. The first kappa shape index (κ1) is 12.2. The molecule has 0 saturated carbocycles. The van der Waals surface area contributed by atoms with Crippen molar-refractivity contribution in [3.05, 3.63) is 27.6 Å². The largest absolute Gasteiger partial charge is 0.398 e. The highest BCUT2D eigenvalue weighted by Gasteiger charge is 2.11. The number of aromatic amines is 1. The third kappa shape index (κ3) is 2.13. The van der Waals surface area contributed by atoms with E-state index in [-0.39, 0.29) is 5.69 Å². The Kier molecular flexibility index (Phi) is 2.83. The van der Waals surface area contributed by atoms with Gasteiger partial charge in [-0.05, 0) is 30.8 Å². The molecule has 0 aliphatic carbocycles. The summed E-state index contributed by atoms with van der Waals surface area (Å²) in [4.78, 5) is 16.6. The van der Waals surface area contributed by atoms with Crippen molar-refractivity contribution in [1.29, 1.82) is 0 Å². The van der Waals surface area contributed by atoms with Crippen molar-refractivity contribution in [1.82, 2.24) is 19.7 Å². The zero-order chi connectivity index (χ0) is 13.6. The van der Waals surface area contributed by atoms with Gasteiger partial charge >= 0.3 is 5.69 Å². The average Bonchev–Trinajstić information content (AvgIpc) is 2.85. The lowest BCUT2D eigenvalue weighted by atomic mass is 10.3. The van der Waals surface area contributed by atoms with Crippen LogP contribution in [0.4, 0.5) is 5.69 Å². The van der Waals surface area contributed by atoms with Gasteiger partial charge in [-0.25, -0.2) is 14.9 Å². The highest BCUT2D eigenvalue weighted by molar-refractivity contribution is 7.99. The van der Waals surface area contributed by atoms with Crippen LogP contribution in [0.5, 0.6) is 0 Å². The van der Waals surface area contributed by atoms with Crippen LogP contribution < -0.4 is 11.4 Å². The Morgan fingerprint density at radius 2 is 2.26 bits per heavy atom. The van der Waals surface area contributed by atoms with Gasteiger partial charge in [-0.15, -0.1) is 16.4 Å². The van der Waals surface area contributed by atoms with Gasteiger partial charge < -0.3 is 5.73 Å². The standard InChI is InChI=1S/C11H11N5OS2/c1-5-13-7-4-8(6(12)3-9(7)18-5)19-11-15-14-10(17)16(11)2/h3-4H,12H2,1-2H3,(H,14,17). The zero-order valence-electron chi connectivity index (χ0n) is 10.3. The fourth-order valence-electron chi connectivity index (χ4n) is 1.70. The van der Waals surface area contributed by atoms with Crippen molar-refractivity contribution in [2.75, 3.05) is 5.73 Å². The molecule has 1 aromatic carbocycles. The van der Waals surface area contributed by atoms with Gasteiger partial charge in [0, 0.05) is 17.6 Å². The molecule has 0 atom stereocenters. The molecule has 0 unspecified atom stereocenters. The Morgan fingerprint density at radius 1 is 1.47 bits per heavy atom. The van der Waals surface area contributed by atoms with Crippen LogP contribution in [0.25, 0.3) is 10.2 Å². The number of aryl methyl sites for hydroxylation is 1. The number of nitrogen functional groups attached to an aromatic ring is 1. The molecule has 2 aromatic heterocycles. The van der Waals surface area contributed by atoms with E-state index >= 15 is 0 Å². The number of nitrogens with zero attached hydrogens (tertiary/aromatic N) is 3. The number of H-pyrrole nitrogens is 1. The van der Waals surface area contributed by atoms with Crippen LogP contribution >= 0.6 is 23.1 Å². The summed E-state index contributed by atoms with van der Waals surface area (Å²) in [6.07, 6.45) is 0. The zero-order valence-corrected chi connectivity index (χ0v) is 11.9. The van der Waals surface area contributed by atoms with Gasteiger partial charge in [0.05, 0.1) is 15.2 Å². The number of nitrogens with two attached hydrogens (primary N) is 1. The van der Waals surface area contributed by atoms with Crippen LogP contribution in [0.1, 0.15) is 5.01 Å². The topological polar surface area (TPSA) is 89.6 Å². The average molecular weight is 293 g/mol. The molecule has 0 spiro atoms. The van der Waals surface area contributed by atoms with Gasteiger partial charge in [-0.3, -0.25) is 4.57 Å². The fraction of sp³-hybridized carbons (Fsp3) is 0.182. The van der Waals surface area contributed by atoms with Gasteiger partial charge in [-0.2, -0.15) is 0 Å². The maximum atomic E-state index is 11.3. The van der Waals surface area contributed by atoms with Crippen LogP contribution in [-0.2, 0) is 7.05 Å². The van der Waals surface area contributed by atoms with Gasteiger partial charge in [-0.1, -0.05) is 0 Å². The van der Waals surface area contributed by atoms with E-state index < -0.39 is 0 Å². The van der Waals surface area contributed by atoms with Gasteiger partial charge in [0.25, 0.3) is 0 Å². The summed E-state index contributed by atoms with van der Waals surface area (Å²) in [5.41, 5.74) is 7.37. The van der Waals surface area contributed by atoms with E-state index in [1.807, 2.05) is 19.1 Å². The minimum Gasteiger partial charge on any atom is -0.398 e. The molecule has 3 aromatic rings. The SMILES string of the molecule is Cc1nc2cc(Sc3n[nH]c(=O)n3C)c(N)cc2s1. The molecule has 8 heteroatoms. The maximum Gasteiger partial charge on any atom is 0.343 e. The van der Waals surface area contributed by atoms with E-state index in [2.05, 4.69) is 15.2 Å². The summed E-state index contributed by atoms with van der Waals surface area (Å²) in [7, 11) is 1.66. The van der Waals surface area contributed by atoms with Crippen molar-refractivity contribution < 1.29 is 0 Å². The first-order chi connectivity index (χ1) is 9.04. The third-order valence-electron chi connectivity index (χ3n) is 2.67. The Bertz CT molecular complexity index is 816. The first-order valence-corrected chi connectivity index (χ1v) is 7.14. The van der Waals surface area contributed by atoms with Crippen LogP contribution in [0.15, 0.2) is 27.0 Å². The normalized spacial score (nSPS) is 11.3. The number of rotatable bonds is 2. The van der Waals surface area contributed by atoms with Crippen LogP contribution in [0.2, 0.25) is 0 Å². The molecule has 0 bridgehead atoms. The van der Waals surface area contributed by atoms with E-state index in [9.17, 15) is 4.79 Å². The molecule has 0 fully saturated rings. The highest BCUT2D eigenvalue weighted by Crippen LogP contribution is 2.34. The van der Waals surface area contributed by atoms with Crippen molar-refractivity contribution in [3.63, 3.8) is 0 Å². The molecule has 0 aliphatic heterocycles. The number of nitrogens with one attached hydrogen (secondary N) is 1. The molecule has 3 N–H and O–H groups in total. The predicted molar refractivity (Wildman–Crippen MR) is 76.7 cm³/mol. The second kappa shape index (κ2) is 4.39. The highest BCUT2D eigenvalue weighted by atomic mass is 32.2. The number of fused-ring (bicyclic) bond motifs is 1. The van der Waals surface area contributed by atoms with Crippen molar-refractivity contribution in [2.24, 2.45) is 7.05 Å². The van der Waals surface area contributed by atoms with Crippen molar-refractivity contribution >= 4 is 39.0 Å². The predicted octanol–water partition coefficient (Wildman–Crippen LogP) is 1.76. The van der Waals surface area contributed by atoms with Gasteiger partial charge in [0.2, 0.25) is 0 Å². The molecule has 0 radical (unpaired) electrons. The molecule has 3 rings (SSSR count). The van der Waals surface area contributed by atoms with E-state index in [1.165, 1.54) is 16.3 Å². The number of benzene rings is 1. The van der Waals surface area contributed by atoms with Crippen molar-refractivity contribution in [3.8, 4) is 0 Å². The van der Waals surface area contributed by atoms with Crippen LogP contribution in [-0.4, -0.2) is 19.7 Å². The molecule has 0 saturated heterocycles. The Balaban J connectivity index is 2.07.